The van der Waals surface area contributed by atoms with Crippen LogP contribution in [0.1, 0.15) is 5.56 Å². The molecular formula is C19H18N4O6S. The number of nitro benzene ring substituents is 1. The predicted molar refractivity (Wildman–Crippen MR) is 105 cm³/mol. The van der Waals surface area contributed by atoms with Gasteiger partial charge in [-0.2, -0.15) is 9.57 Å². The molecule has 1 heterocycles. The molecule has 0 saturated carbocycles. The van der Waals surface area contributed by atoms with Gasteiger partial charge >= 0.3 is 5.69 Å². The number of benzene rings is 2. The van der Waals surface area contributed by atoms with Gasteiger partial charge in [0.15, 0.2) is 12.4 Å². The Labute approximate surface area is 173 Å². The third kappa shape index (κ3) is 4.40. The highest BCUT2D eigenvalue weighted by Crippen LogP contribution is 2.26. The molecule has 2 aromatic carbocycles. The second kappa shape index (κ2) is 8.89. The fourth-order valence-electron chi connectivity index (χ4n) is 3.06. The lowest BCUT2D eigenvalue weighted by Crippen LogP contribution is -2.51. The summed E-state index contributed by atoms with van der Waals surface area (Å²) in [4.78, 5) is 24.2. The van der Waals surface area contributed by atoms with E-state index < -0.39 is 27.5 Å². The van der Waals surface area contributed by atoms with Gasteiger partial charge in [0.1, 0.15) is 6.07 Å². The van der Waals surface area contributed by atoms with Crippen molar-refractivity contribution < 1.29 is 22.9 Å². The molecular weight excluding hydrogens is 412 g/mol. The number of sulfonamides is 1. The summed E-state index contributed by atoms with van der Waals surface area (Å²) in [6.07, 6.45) is 0. The van der Waals surface area contributed by atoms with Gasteiger partial charge < -0.3 is 9.64 Å². The second-order valence-electron chi connectivity index (χ2n) is 6.41. The van der Waals surface area contributed by atoms with Crippen molar-refractivity contribution in [3.8, 4) is 11.8 Å². The molecule has 0 unspecified atom stereocenters. The number of nitriles is 1. The van der Waals surface area contributed by atoms with Gasteiger partial charge in [-0.3, -0.25) is 14.9 Å². The van der Waals surface area contributed by atoms with Gasteiger partial charge in [0.05, 0.1) is 15.4 Å². The van der Waals surface area contributed by atoms with Gasteiger partial charge in [-0.1, -0.05) is 24.3 Å². The lowest BCUT2D eigenvalue weighted by Gasteiger charge is -2.34. The number of piperazine rings is 1. The van der Waals surface area contributed by atoms with Crippen LogP contribution in [-0.2, 0) is 14.8 Å². The molecule has 10 nitrogen and oxygen atoms in total. The van der Waals surface area contributed by atoms with Crippen molar-refractivity contribution in [2.75, 3.05) is 32.8 Å². The zero-order valence-corrected chi connectivity index (χ0v) is 16.6. The Morgan fingerprint density at radius 1 is 1.10 bits per heavy atom. The van der Waals surface area contributed by atoms with Crippen LogP contribution >= 0.6 is 0 Å². The molecule has 1 aliphatic heterocycles. The van der Waals surface area contributed by atoms with Crippen molar-refractivity contribution >= 4 is 21.6 Å². The van der Waals surface area contributed by atoms with Crippen LogP contribution in [0.15, 0.2) is 53.4 Å². The molecule has 0 N–H and O–H groups in total. The molecule has 1 fully saturated rings. The maximum absolute atomic E-state index is 12.8. The quantitative estimate of drug-likeness (QED) is 0.499. The van der Waals surface area contributed by atoms with E-state index in [-0.39, 0.29) is 48.1 Å². The standard InChI is InChI=1S/C19H18N4O6S/c20-13-15-5-1-4-8-18(15)30(27,28)22-11-9-21(10-12-22)19(24)14-29-17-7-3-2-6-16(17)23(25)26/h1-8H,9-12,14H2. The second-order valence-corrected chi connectivity index (χ2v) is 8.31. The number of amides is 1. The topological polar surface area (TPSA) is 134 Å². The summed E-state index contributed by atoms with van der Waals surface area (Å²) in [6, 6.07) is 13.6. The first-order chi connectivity index (χ1) is 14.3. The van der Waals surface area contributed by atoms with E-state index in [1.807, 2.05) is 6.07 Å². The van der Waals surface area contributed by atoms with Crippen LogP contribution in [0.4, 0.5) is 5.69 Å². The molecule has 1 aliphatic rings. The van der Waals surface area contributed by atoms with Gasteiger partial charge in [-0.15, -0.1) is 0 Å². The summed E-state index contributed by atoms with van der Waals surface area (Å²) >= 11 is 0. The summed E-state index contributed by atoms with van der Waals surface area (Å²) < 4.78 is 32.2. The molecule has 0 bridgehead atoms. The van der Waals surface area contributed by atoms with E-state index in [0.717, 1.165) is 0 Å². The average Bonchev–Trinajstić information content (AvgIpc) is 2.77. The number of ether oxygens (including phenoxy) is 1. The molecule has 0 radical (unpaired) electrons. The number of hydrogen-bond acceptors (Lipinski definition) is 7. The SMILES string of the molecule is N#Cc1ccccc1S(=O)(=O)N1CCN(C(=O)COc2ccccc2[N+](=O)[O-])CC1. The zero-order valence-electron chi connectivity index (χ0n) is 15.8. The largest absolute Gasteiger partial charge is 0.477 e. The molecule has 1 amide bonds. The normalized spacial score (nSPS) is 14.7. The van der Waals surface area contributed by atoms with E-state index in [0.29, 0.717) is 0 Å². The lowest BCUT2D eigenvalue weighted by molar-refractivity contribution is -0.385. The Morgan fingerprint density at radius 3 is 2.40 bits per heavy atom. The Morgan fingerprint density at radius 2 is 1.73 bits per heavy atom. The van der Waals surface area contributed by atoms with E-state index in [1.165, 1.54) is 39.5 Å². The van der Waals surface area contributed by atoms with Crippen LogP contribution in [0.5, 0.6) is 5.75 Å². The molecule has 2 aromatic rings. The molecule has 156 valence electrons. The van der Waals surface area contributed by atoms with Crippen LogP contribution in [0, 0.1) is 21.4 Å². The van der Waals surface area contributed by atoms with E-state index >= 15 is 0 Å². The molecule has 0 spiro atoms. The summed E-state index contributed by atoms with van der Waals surface area (Å²) in [7, 11) is -3.86. The first kappa shape index (κ1) is 21.2. The molecule has 11 heteroatoms. The predicted octanol–water partition coefficient (Wildman–Crippen LogP) is 1.38. The van der Waals surface area contributed by atoms with E-state index in [2.05, 4.69) is 0 Å². The minimum Gasteiger partial charge on any atom is -0.477 e. The third-order valence-electron chi connectivity index (χ3n) is 4.63. The van der Waals surface area contributed by atoms with Crippen LogP contribution in [0.2, 0.25) is 0 Å². The van der Waals surface area contributed by atoms with Crippen LogP contribution in [-0.4, -0.2) is 61.2 Å². The molecule has 0 atom stereocenters. The van der Waals surface area contributed by atoms with Gasteiger partial charge in [-0.25, -0.2) is 8.42 Å². The fraction of sp³-hybridized carbons (Fsp3) is 0.263. The number of carbonyl (C=O) groups excluding carboxylic acids is 1. The molecule has 0 aromatic heterocycles. The monoisotopic (exact) mass is 430 g/mol. The molecule has 30 heavy (non-hydrogen) atoms. The van der Waals surface area contributed by atoms with Crippen molar-refractivity contribution in [1.29, 1.82) is 5.26 Å². The van der Waals surface area contributed by atoms with Crippen LogP contribution in [0.25, 0.3) is 0 Å². The van der Waals surface area contributed by atoms with Crippen molar-refractivity contribution in [2.24, 2.45) is 0 Å². The number of hydrogen-bond donors (Lipinski definition) is 0. The maximum atomic E-state index is 12.8. The summed E-state index contributed by atoms with van der Waals surface area (Å²) in [6.45, 7) is 0.0353. The summed E-state index contributed by atoms with van der Waals surface area (Å²) in [5.41, 5.74) is -0.175. The Hall–Kier alpha value is -3.49. The van der Waals surface area contributed by atoms with Crippen molar-refractivity contribution in [1.82, 2.24) is 9.21 Å². The number of nitro groups is 1. The maximum Gasteiger partial charge on any atom is 0.310 e. The molecule has 0 aliphatic carbocycles. The van der Waals surface area contributed by atoms with E-state index in [4.69, 9.17) is 10.00 Å². The number of carbonyl (C=O) groups is 1. The summed E-state index contributed by atoms with van der Waals surface area (Å²) in [5.74, 6) is -0.409. The van der Waals surface area contributed by atoms with E-state index in [9.17, 15) is 23.3 Å². The van der Waals surface area contributed by atoms with Gasteiger partial charge in [-0.05, 0) is 18.2 Å². The highest BCUT2D eigenvalue weighted by molar-refractivity contribution is 7.89. The first-order valence-electron chi connectivity index (χ1n) is 8.98. The fourth-order valence-corrected chi connectivity index (χ4v) is 4.63. The van der Waals surface area contributed by atoms with Gasteiger partial charge in [0, 0.05) is 32.2 Å². The van der Waals surface area contributed by atoms with Crippen molar-refractivity contribution in [3.63, 3.8) is 0 Å². The average molecular weight is 430 g/mol. The minimum atomic E-state index is -3.86. The molecule has 1 saturated heterocycles. The van der Waals surface area contributed by atoms with E-state index in [1.54, 1.807) is 18.2 Å². The minimum absolute atomic E-state index is 0.00910. The number of para-hydroxylation sites is 2. The molecule has 3 rings (SSSR count). The van der Waals surface area contributed by atoms with Crippen molar-refractivity contribution in [2.45, 2.75) is 4.90 Å². The first-order valence-corrected chi connectivity index (χ1v) is 10.4. The Bertz CT molecular complexity index is 1100. The smallest absolute Gasteiger partial charge is 0.310 e. The van der Waals surface area contributed by atoms with Crippen LogP contribution < -0.4 is 4.74 Å². The Kier molecular flexibility index (Phi) is 6.29. The highest BCUT2D eigenvalue weighted by Gasteiger charge is 2.31. The third-order valence-corrected chi connectivity index (χ3v) is 6.59. The van der Waals surface area contributed by atoms with Crippen molar-refractivity contribution in [3.05, 3.63) is 64.2 Å². The lowest BCUT2D eigenvalue weighted by atomic mass is 10.2. The number of rotatable bonds is 6. The van der Waals surface area contributed by atoms with Gasteiger partial charge in [0.2, 0.25) is 10.0 Å². The zero-order chi connectivity index (χ0) is 21.7. The number of nitrogens with zero attached hydrogens (tertiary/aromatic N) is 4. The van der Waals surface area contributed by atoms with Crippen LogP contribution in [0.3, 0.4) is 0 Å². The Balaban J connectivity index is 1.61. The van der Waals surface area contributed by atoms with Gasteiger partial charge in [0.25, 0.3) is 5.91 Å². The summed E-state index contributed by atoms with van der Waals surface area (Å²) in [5, 5.41) is 20.2. The highest BCUT2D eigenvalue weighted by atomic mass is 32.2.